The SMILES string of the molecule is CC(C)(CO)CNC(=O)Cc1cccc(Br)c1. The topological polar surface area (TPSA) is 49.3 Å². The lowest BCUT2D eigenvalue weighted by Crippen LogP contribution is -2.36. The molecule has 17 heavy (non-hydrogen) atoms. The van der Waals surface area contributed by atoms with Crippen molar-refractivity contribution in [3.8, 4) is 0 Å². The van der Waals surface area contributed by atoms with Crippen LogP contribution in [-0.2, 0) is 11.2 Å². The molecule has 1 aromatic rings. The number of rotatable bonds is 5. The zero-order valence-electron chi connectivity index (χ0n) is 10.2. The van der Waals surface area contributed by atoms with Crippen molar-refractivity contribution >= 4 is 21.8 Å². The van der Waals surface area contributed by atoms with Crippen molar-refractivity contribution in [2.75, 3.05) is 13.2 Å². The van der Waals surface area contributed by atoms with Crippen LogP contribution in [-0.4, -0.2) is 24.2 Å². The van der Waals surface area contributed by atoms with E-state index in [0.717, 1.165) is 10.0 Å². The van der Waals surface area contributed by atoms with Crippen LogP contribution in [0.1, 0.15) is 19.4 Å². The summed E-state index contributed by atoms with van der Waals surface area (Å²) in [5.41, 5.74) is 0.700. The van der Waals surface area contributed by atoms with Gasteiger partial charge in [0.25, 0.3) is 0 Å². The molecule has 0 bridgehead atoms. The summed E-state index contributed by atoms with van der Waals surface area (Å²) in [7, 11) is 0. The van der Waals surface area contributed by atoms with Crippen LogP contribution in [0.5, 0.6) is 0 Å². The number of hydrogen-bond donors (Lipinski definition) is 2. The van der Waals surface area contributed by atoms with Gasteiger partial charge in [-0.25, -0.2) is 0 Å². The summed E-state index contributed by atoms with van der Waals surface area (Å²) in [4.78, 5) is 11.7. The third-order valence-electron chi connectivity index (χ3n) is 2.45. The van der Waals surface area contributed by atoms with E-state index in [2.05, 4.69) is 21.2 Å². The molecular weight excluding hydrogens is 282 g/mol. The molecule has 0 aliphatic heterocycles. The van der Waals surface area contributed by atoms with Crippen molar-refractivity contribution in [2.24, 2.45) is 5.41 Å². The molecule has 0 aliphatic rings. The molecule has 0 saturated heterocycles. The van der Waals surface area contributed by atoms with Gasteiger partial charge in [-0.3, -0.25) is 4.79 Å². The monoisotopic (exact) mass is 299 g/mol. The Balaban J connectivity index is 2.45. The first-order valence-electron chi connectivity index (χ1n) is 5.55. The van der Waals surface area contributed by atoms with E-state index in [-0.39, 0.29) is 17.9 Å². The molecule has 0 aliphatic carbocycles. The lowest BCUT2D eigenvalue weighted by atomic mass is 9.95. The predicted octanol–water partition coefficient (Wildman–Crippen LogP) is 2.13. The molecule has 3 nitrogen and oxygen atoms in total. The number of aliphatic hydroxyl groups is 1. The molecule has 0 unspecified atom stereocenters. The summed E-state index contributed by atoms with van der Waals surface area (Å²) in [6, 6.07) is 7.68. The lowest BCUT2D eigenvalue weighted by Gasteiger charge is -2.21. The first kappa shape index (κ1) is 14.2. The molecule has 0 atom stereocenters. The average molecular weight is 300 g/mol. The summed E-state index contributed by atoms with van der Waals surface area (Å²) in [6.45, 7) is 4.36. The Labute approximate surface area is 110 Å². The van der Waals surface area contributed by atoms with Gasteiger partial charge in [0.05, 0.1) is 6.42 Å². The van der Waals surface area contributed by atoms with Crippen LogP contribution in [0.4, 0.5) is 0 Å². The molecule has 0 spiro atoms. The second-order valence-electron chi connectivity index (χ2n) is 4.91. The van der Waals surface area contributed by atoms with Crippen molar-refractivity contribution in [1.82, 2.24) is 5.32 Å². The van der Waals surface area contributed by atoms with E-state index in [9.17, 15) is 4.79 Å². The van der Waals surface area contributed by atoms with Gasteiger partial charge in [0.15, 0.2) is 0 Å². The minimum Gasteiger partial charge on any atom is -0.396 e. The number of carbonyl (C=O) groups excluding carboxylic acids is 1. The first-order chi connectivity index (χ1) is 7.93. The fraction of sp³-hybridized carbons (Fsp3) is 0.462. The molecule has 94 valence electrons. The minimum absolute atomic E-state index is 0.0235. The Kier molecular flexibility index (Phi) is 5.15. The molecule has 0 saturated carbocycles. The zero-order chi connectivity index (χ0) is 12.9. The molecular formula is C13H18BrNO2. The van der Waals surface area contributed by atoms with Crippen LogP contribution >= 0.6 is 15.9 Å². The lowest BCUT2D eigenvalue weighted by molar-refractivity contribution is -0.121. The number of nitrogens with one attached hydrogen (secondary N) is 1. The Hall–Kier alpha value is -0.870. The van der Waals surface area contributed by atoms with Gasteiger partial charge in [-0.2, -0.15) is 0 Å². The van der Waals surface area contributed by atoms with Crippen molar-refractivity contribution < 1.29 is 9.90 Å². The highest BCUT2D eigenvalue weighted by Crippen LogP contribution is 2.13. The van der Waals surface area contributed by atoms with Crippen molar-refractivity contribution in [3.05, 3.63) is 34.3 Å². The van der Waals surface area contributed by atoms with Gasteiger partial charge in [-0.1, -0.05) is 41.9 Å². The van der Waals surface area contributed by atoms with Gasteiger partial charge in [0.2, 0.25) is 5.91 Å². The van der Waals surface area contributed by atoms with E-state index in [1.807, 2.05) is 38.1 Å². The van der Waals surface area contributed by atoms with Crippen LogP contribution in [0.3, 0.4) is 0 Å². The van der Waals surface area contributed by atoms with Gasteiger partial charge in [-0.15, -0.1) is 0 Å². The summed E-state index contributed by atoms with van der Waals surface area (Å²) >= 11 is 3.37. The van der Waals surface area contributed by atoms with Crippen molar-refractivity contribution in [1.29, 1.82) is 0 Å². The number of aliphatic hydroxyl groups excluding tert-OH is 1. The Morgan fingerprint density at radius 2 is 2.18 bits per heavy atom. The zero-order valence-corrected chi connectivity index (χ0v) is 11.8. The van der Waals surface area contributed by atoms with Gasteiger partial charge in [0.1, 0.15) is 0 Å². The van der Waals surface area contributed by atoms with E-state index in [1.54, 1.807) is 0 Å². The quantitative estimate of drug-likeness (QED) is 0.875. The first-order valence-corrected chi connectivity index (χ1v) is 6.34. The van der Waals surface area contributed by atoms with E-state index in [1.165, 1.54) is 0 Å². The highest BCUT2D eigenvalue weighted by atomic mass is 79.9. The standard InChI is InChI=1S/C13H18BrNO2/c1-13(2,9-16)8-15-12(17)7-10-4-3-5-11(14)6-10/h3-6,16H,7-9H2,1-2H3,(H,15,17). The summed E-state index contributed by atoms with van der Waals surface area (Å²) in [5.74, 6) is -0.0235. The molecule has 0 fully saturated rings. The third-order valence-corrected chi connectivity index (χ3v) is 2.94. The number of halogens is 1. The fourth-order valence-corrected chi connectivity index (χ4v) is 1.74. The van der Waals surface area contributed by atoms with E-state index < -0.39 is 0 Å². The van der Waals surface area contributed by atoms with Gasteiger partial charge in [0, 0.05) is 23.0 Å². The molecule has 4 heteroatoms. The highest BCUT2D eigenvalue weighted by molar-refractivity contribution is 9.10. The average Bonchev–Trinajstić information content (AvgIpc) is 2.27. The Morgan fingerprint density at radius 3 is 2.76 bits per heavy atom. The largest absolute Gasteiger partial charge is 0.396 e. The molecule has 0 heterocycles. The second kappa shape index (κ2) is 6.17. The number of benzene rings is 1. The van der Waals surface area contributed by atoms with Crippen LogP contribution in [0.2, 0.25) is 0 Å². The summed E-state index contributed by atoms with van der Waals surface area (Å²) in [6.07, 6.45) is 0.362. The molecule has 0 aromatic heterocycles. The maximum atomic E-state index is 11.7. The molecule has 2 N–H and O–H groups in total. The van der Waals surface area contributed by atoms with Crippen LogP contribution < -0.4 is 5.32 Å². The smallest absolute Gasteiger partial charge is 0.224 e. The van der Waals surface area contributed by atoms with Crippen LogP contribution in [0, 0.1) is 5.41 Å². The van der Waals surface area contributed by atoms with E-state index >= 15 is 0 Å². The minimum atomic E-state index is -0.271. The molecule has 1 aromatic carbocycles. The van der Waals surface area contributed by atoms with Gasteiger partial charge >= 0.3 is 0 Å². The fourth-order valence-electron chi connectivity index (χ4n) is 1.29. The maximum absolute atomic E-state index is 11.7. The van der Waals surface area contributed by atoms with Crippen molar-refractivity contribution in [3.63, 3.8) is 0 Å². The number of carbonyl (C=O) groups is 1. The number of amides is 1. The Bertz CT molecular complexity index is 391. The Morgan fingerprint density at radius 1 is 1.47 bits per heavy atom. The van der Waals surface area contributed by atoms with Crippen molar-refractivity contribution in [2.45, 2.75) is 20.3 Å². The maximum Gasteiger partial charge on any atom is 0.224 e. The van der Waals surface area contributed by atoms with Gasteiger partial charge in [-0.05, 0) is 17.7 Å². The van der Waals surface area contributed by atoms with E-state index in [0.29, 0.717) is 13.0 Å². The number of hydrogen-bond acceptors (Lipinski definition) is 2. The van der Waals surface area contributed by atoms with E-state index in [4.69, 9.17) is 5.11 Å². The van der Waals surface area contributed by atoms with Crippen LogP contribution in [0.15, 0.2) is 28.7 Å². The predicted molar refractivity (Wildman–Crippen MR) is 71.7 cm³/mol. The molecule has 1 amide bonds. The third kappa shape index (κ3) is 5.33. The summed E-state index contributed by atoms with van der Waals surface area (Å²) < 4.78 is 0.971. The molecule has 0 radical (unpaired) electrons. The molecule has 1 rings (SSSR count). The summed E-state index contributed by atoms with van der Waals surface area (Å²) in [5, 5.41) is 11.9. The van der Waals surface area contributed by atoms with Gasteiger partial charge < -0.3 is 10.4 Å². The normalized spacial score (nSPS) is 11.3. The van der Waals surface area contributed by atoms with Crippen LogP contribution in [0.25, 0.3) is 0 Å². The highest BCUT2D eigenvalue weighted by Gasteiger charge is 2.17. The second-order valence-corrected chi connectivity index (χ2v) is 5.82.